The fourth-order valence-corrected chi connectivity index (χ4v) is 11.3. The van der Waals surface area contributed by atoms with Crippen LogP contribution in [0.1, 0.15) is 322 Å². The number of phosphoric ester groups is 1. The molecule has 0 N–H and O–H groups in total. The largest absolute Gasteiger partial charge is 0.756 e. The van der Waals surface area contributed by atoms with Crippen molar-refractivity contribution in [3.63, 3.8) is 0 Å². The molecular formula is C86H146NO8P. The van der Waals surface area contributed by atoms with Gasteiger partial charge in [0.25, 0.3) is 7.82 Å². The topological polar surface area (TPSA) is 111 Å². The summed E-state index contributed by atoms with van der Waals surface area (Å²) in [4.78, 5) is 38.2. The van der Waals surface area contributed by atoms with Gasteiger partial charge in [0.05, 0.1) is 27.7 Å². The lowest BCUT2D eigenvalue weighted by atomic mass is 10.0. The highest BCUT2D eigenvalue weighted by molar-refractivity contribution is 7.45. The van der Waals surface area contributed by atoms with Crippen molar-refractivity contribution in [2.75, 3.05) is 47.5 Å². The Morgan fingerprint density at radius 1 is 0.333 bits per heavy atom. The SMILES string of the molecule is CC/C=C\C/C=C\C/C=C\C/C=C\C/C=C\C/C=C\C/C=C\C/C=C\C/C=C\C/C=C\C/C=C\CCCCCCCC(=O)OC(COC(=O)CCCCCCCCCCCCCCCCCCCCCCC/C=C\C/C=C\CCCCCCC)COP(=O)([O-])OCC[N+](C)(C)C. The lowest BCUT2D eigenvalue weighted by molar-refractivity contribution is -0.870. The van der Waals surface area contributed by atoms with Gasteiger partial charge in [0.2, 0.25) is 0 Å². The van der Waals surface area contributed by atoms with E-state index in [1.54, 1.807) is 0 Å². The molecule has 0 amide bonds. The van der Waals surface area contributed by atoms with Gasteiger partial charge in [0.1, 0.15) is 19.8 Å². The first kappa shape index (κ1) is 91.6. The maximum Gasteiger partial charge on any atom is 0.306 e. The predicted molar refractivity (Wildman–Crippen MR) is 415 cm³/mol. The summed E-state index contributed by atoms with van der Waals surface area (Å²) in [6.45, 7) is 4.11. The molecule has 96 heavy (non-hydrogen) atoms. The monoisotopic (exact) mass is 1350 g/mol. The molecule has 548 valence electrons. The van der Waals surface area contributed by atoms with E-state index in [1.807, 2.05) is 21.1 Å². The van der Waals surface area contributed by atoms with Crippen molar-refractivity contribution in [2.24, 2.45) is 0 Å². The fraction of sp³-hybridized carbons (Fsp3) is 0.674. The summed E-state index contributed by atoms with van der Waals surface area (Å²) >= 11 is 0. The van der Waals surface area contributed by atoms with E-state index >= 15 is 0 Å². The van der Waals surface area contributed by atoms with Gasteiger partial charge in [-0.15, -0.1) is 0 Å². The number of carbonyl (C=O) groups excluding carboxylic acids is 2. The predicted octanol–water partition coefficient (Wildman–Crippen LogP) is 25.6. The molecule has 0 fully saturated rings. The van der Waals surface area contributed by atoms with Crippen molar-refractivity contribution in [3.8, 4) is 0 Å². The number of likely N-dealkylation sites (N-methyl/N-ethyl adjacent to an activating group) is 1. The van der Waals surface area contributed by atoms with Crippen LogP contribution in [0.3, 0.4) is 0 Å². The first-order chi connectivity index (χ1) is 47.0. The lowest BCUT2D eigenvalue weighted by Crippen LogP contribution is -2.37. The van der Waals surface area contributed by atoms with Gasteiger partial charge in [-0.1, -0.05) is 339 Å². The summed E-state index contributed by atoms with van der Waals surface area (Å²) in [7, 11) is 1.14. The van der Waals surface area contributed by atoms with Crippen LogP contribution < -0.4 is 4.89 Å². The average Bonchev–Trinajstić information content (AvgIpc) is 1.98. The molecule has 0 aliphatic rings. The Labute approximate surface area is 592 Å². The van der Waals surface area contributed by atoms with Crippen LogP contribution in [-0.2, 0) is 32.7 Å². The molecule has 9 nitrogen and oxygen atoms in total. The molecule has 2 atom stereocenters. The Morgan fingerprint density at radius 3 is 0.885 bits per heavy atom. The molecule has 0 bridgehead atoms. The first-order valence-electron chi connectivity index (χ1n) is 39.2. The standard InChI is InChI=1S/C86H146NO8P/c1-6-8-10-12-14-16-18-20-22-24-26-28-30-32-34-36-38-40-41-42-43-44-45-47-49-51-53-55-57-59-61-63-65-67-69-71-73-75-77-79-86(89)95-84(83-94-96(90,91)93-81-80-87(3,4)5)82-92-85(88)78-76-74-72-70-68-66-64-62-60-58-56-54-52-50-48-46-39-37-35-33-31-29-27-25-23-21-19-17-15-13-11-9-7-2/h8,10,14,16,19-22,25-28,32,34,38,40,42-43,45,47,51,53,57,59,63,65,84H,6-7,9,11-13,15,17-18,23-24,29-31,33,35-37,39,41,44,46,48-50,52,54-56,58,60-62,64,66-83H2,1-5H3/b10-8-,16-14-,21-19-,22-20-,27-25-,28-26-,34-32-,40-38-,43-42-,47-45-,53-51-,59-57-,65-63-. The van der Waals surface area contributed by atoms with E-state index in [-0.39, 0.29) is 32.0 Å². The van der Waals surface area contributed by atoms with Gasteiger partial charge in [-0.2, -0.15) is 0 Å². The van der Waals surface area contributed by atoms with Crippen LogP contribution in [0.15, 0.2) is 158 Å². The number of carbonyl (C=O) groups is 2. The van der Waals surface area contributed by atoms with Crippen LogP contribution in [-0.4, -0.2) is 70.0 Å². The molecule has 2 unspecified atom stereocenters. The number of unbranched alkanes of at least 4 members (excludes halogenated alkanes) is 31. The smallest absolute Gasteiger partial charge is 0.306 e. The third-order valence-electron chi connectivity index (χ3n) is 16.5. The van der Waals surface area contributed by atoms with Crippen molar-refractivity contribution in [3.05, 3.63) is 158 Å². The summed E-state index contributed by atoms with van der Waals surface area (Å²) in [5.74, 6) is -0.855. The second-order valence-corrected chi connectivity index (χ2v) is 28.4. The minimum Gasteiger partial charge on any atom is -0.756 e. The number of hydrogen-bond acceptors (Lipinski definition) is 8. The molecule has 0 radical (unpaired) electrons. The molecule has 0 spiro atoms. The van der Waals surface area contributed by atoms with Gasteiger partial charge in [-0.05, 0) is 128 Å². The van der Waals surface area contributed by atoms with Crippen molar-refractivity contribution < 1.29 is 42.1 Å². The third-order valence-corrected chi connectivity index (χ3v) is 17.5. The van der Waals surface area contributed by atoms with Gasteiger partial charge in [-0.3, -0.25) is 14.2 Å². The summed E-state index contributed by atoms with van der Waals surface area (Å²) in [6.07, 6.45) is 112. The summed E-state index contributed by atoms with van der Waals surface area (Å²) in [5.41, 5.74) is 0. The Kier molecular flexibility index (Phi) is 71.4. The van der Waals surface area contributed by atoms with Gasteiger partial charge >= 0.3 is 11.9 Å². The zero-order chi connectivity index (χ0) is 69.7. The quantitative estimate of drug-likeness (QED) is 0.0195. The molecule has 0 aliphatic carbocycles. The molecule has 0 aromatic rings. The van der Waals surface area contributed by atoms with Crippen LogP contribution >= 0.6 is 7.82 Å². The van der Waals surface area contributed by atoms with Crippen molar-refractivity contribution in [2.45, 2.75) is 328 Å². The third kappa shape index (κ3) is 78.6. The van der Waals surface area contributed by atoms with Gasteiger partial charge in [0, 0.05) is 12.8 Å². The van der Waals surface area contributed by atoms with Crippen LogP contribution in [0.2, 0.25) is 0 Å². The van der Waals surface area contributed by atoms with Gasteiger partial charge < -0.3 is 27.9 Å². The molecule has 0 saturated heterocycles. The maximum absolute atomic E-state index is 12.9. The van der Waals surface area contributed by atoms with Crippen LogP contribution in [0.5, 0.6) is 0 Å². The van der Waals surface area contributed by atoms with E-state index in [9.17, 15) is 19.0 Å². The molecule has 0 aliphatic heterocycles. The summed E-state index contributed by atoms with van der Waals surface area (Å²) in [5, 5.41) is 0. The Hall–Kier alpha value is -4.37. The highest BCUT2D eigenvalue weighted by Crippen LogP contribution is 2.38. The Bertz CT molecular complexity index is 2180. The van der Waals surface area contributed by atoms with E-state index in [1.165, 1.54) is 161 Å². The van der Waals surface area contributed by atoms with Crippen molar-refractivity contribution in [1.29, 1.82) is 0 Å². The van der Waals surface area contributed by atoms with Crippen molar-refractivity contribution >= 4 is 19.8 Å². The fourth-order valence-electron chi connectivity index (χ4n) is 10.6. The number of hydrogen-bond donors (Lipinski definition) is 0. The molecule has 0 heterocycles. The number of rotatable bonds is 71. The van der Waals surface area contributed by atoms with Crippen LogP contribution in [0.25, 0.3) is 0 Å². The first-order valence-corrected chi connectivity index (χ1v) is 40.7. The van der Waals surface area contributed by atoms with E-state index in [4.69, 9.17) is 18.5 Å². The highest BCUT2D eigenvalue weighted by Gasteiger charge is 2.22. The normalized spacial score (nSPS) is 13.9. The molecule has 10 heteroatoms. The van der Waals surface area contributed by atoms with Crippen LogP contribution in [0.4, 0.5) is 0 Å². The Morgan fingerprint density at radius 2 is 0.594 bits per heavy atom. The number of allylic oxidation sites excluding steroid dienone is 26. The number of nitrogens with zero attached hydrogens (tertiary/aromatic N) is 1. The number of phosphoric acid groups is 1. The summed E-state index contributed by atoms with van der Waals surface area (Å²) in [6, 6.07) is 0. The van der Waals surface area contributed by atoms with E-state index in [0.717, 1.165) is 128 Å². The molecule has 0 saturated carbocycles. The highest BCUT2D eigenvalue weighted by atomic mass is 31.2. The number of ether oxygens (including phenoxy) is 2. The second-order valence-electron chi connectivity index (χ2n) is 27.0. The maximum atomic E-state index is 12.9. The van der Waals surface area contributed by atoms with E-state index < -0.39 is 26.5 Å². The molecular weight excluding hydrogens is 1210 g/mol. The zero-order valence-corrected chi connectivity index (χ0v) is 63.4. The zero-order valence-electron chi connectivity index (χ0n) is 62.5. The molecule has 0 rings (SSSR count). The van der Waals surface area contributed by atoms with Gasteiger partial charge in [-0.25, -0.2) is 0 Å². The van der Waals surface area contributed by atoms with Crippen molar-refractivity contribution in [1.82, 2.24) is 0 Å². The minimum absolute atomic E-state index is 0.0414. The molecule has 0 aromatic carbocycles. The van der Waals surface area contributed by atoms with Gasteiger partial charge in [0.15, 0.2) is 6.10 Å². The van der Waals surface area contributed by atoms with Crippen LogP contribution in [0, 0.1) is 0 Å². The Balaban J connectivity index is 4.09. The van der Waals surface area contributed by atoms with E-state index in [2.05, 4.69) is 172 Å². The number of esters is 2. The van der Waals surface area contributed by atoms with E-state index in [0.29, 0.717) is 17.4 Å². The number of quaternary nitrogens is 1. The molecule has 0 aromatic heterocycles. The minimum atomic E-state index is -4.66. The lowest BCUT2D eigenvalue weighted by Gasteiger charge is -2.28. The average molecular weight is 1350 g/mol. The second kappa shape index (κ2) is 74.8. The summed E-state index contributed by atoms with van der Waals surface area (Å²) < 4.78 is 34.4.